The fraction of sp³-hybridized carbons (Fsp3) is 0.0833. The number of aromatic nitrogens is 2. The minimum atomic E-state index is -0.471. The number of rotatable bonds is 2. The van der Waals surface area contributed by atoms with Crippen molar-refractivity contribution in [3.63, 3.8) is 0 Å². The predicted octanol–water partition coefficient (Wildman–Crippen LogP) is 2.58. The van der Waals surface area contributed by atoms with Crippen molar-refractivity contribution in [2.45, 2.75) is 6.92 Å². The summed E-state index contributed by atoms with van der Waals surface area (Å²) in [6.07, 6.45) is 2.44. The summed E-state index contributed by atoms with van der Waals surface area (Å²) in [6, 6.07) is 4.49. The second kappa shape index (κ2) is 5.42. The van der Waals surface area contributed by atoms with Gasteiger partial charge in [-0.15, -0.1) is 0 Å². The van der Waals surface area contributed by atoms with Crippen molar-refractivity contribution in [2.24, 2.45) is 0 Å². The number of halogens is 2. The number of hydrogen-bond donors (Lipinski definition) is 1. The van der Waals surface area contributed by atoms with E-state index < -0.39 is 5.91 Å². The predicted molar refractivity (Wildman–Crippen MR) is 72.3 cm³/mol. The van der Waals surface area contributed by atoms with Crippen LogP contribution in [0.25, 0.3) is 0 Å². The van der Waals surface area contributed by atoms with Crippen LogP contribution in [0.3, 0.4) is 0 Å². The first-order valence-electron chi connectivity index (χ1n) is 5.30. The normalized spacial score (nSPS) is 10.3. The standard InChI is InChI=1S/C12H9Cl2N3O2/c1-7-9(13)5-10(14)11(15-7)16-12(18)8-3-2-4-17(19)6-8/h2-6H,1H3,(H,15,16,18). The Hall–Kier alpha value is -1.85. The molecule has 1 amide bonds. The highest BCUT2D eigenvalue weighted by atomic mass is 35.5. The summed E-state index contributed by atoms with van der Waals surface area (Å²) in [4.78, 5) is 16.0. The summed E-state index contributed by atoms with van der Waals surface area (Å²) >= 11 is 11.8. The molecule has 2 aromatic rings. The average Bonchev–Trinajstić information content (AvgIpc) is 2.36. The molecule has 0 aliphatic carbocycles. The molecule has 0 saturated carbocycles. The van der Waals surface area contributed by atoms with E-state index in [0.717, 1.165) is 6.20 Å². The van der Waals surface area contributed by atoms with E-state index in [1.54, 1.807) is 6.92 Å². The molecule has 0 unspecified atom stereocenters. The fourth-order valence-electron chi connectivity index (χ4n) is 1.41. The smallest absolute Gasteiger partial charge is 0.262 e. The van der Waals surface area contributed by atoms with Gasteiger partial charge in [0.1, 0.15) is 5.56 Å². The van der Waals surface area contributed by atoms with Crippen molar-refractivity contribution in [3.05, 3.63) is 57.1 Å². The molecule has 2 heterocycles. The molecule has 0 saturated heterocycles. The molecule has 0 aliphatic heterocycles. The summed E-state index contributed by atoms with van der Waals surface area (Å²) in [5.74, 6) is -0.267. The molecule has 0 bridgehead atoms. The summed E-state index contributed by atoms with van der Waals surface area (Å²) in [7, 11) is 0. The van der Waals surface area contributed by atoms with Crippen molar-refractivity contribution < 1.29 is 9.52 Å². The monoisotopic (exact) mass is 297 g/mol. The Morgan fingerprint density at radius 1 is 1.42 bits per heavy atom. The first-order chi connectivity index (χ1) is 8.97. The van der Waals surface area contributed by atoms with E-state index in [1.807, 2.05) is 0 Å². The van der Waals surface area contributed by atoms with Crippen LogP contribution in [0, 0.1) is 12.1 Å². The molecule has 1 N–H and O–H groups in total. The van der Waals surface area contributed by atoms with Crippen LogP contribution in [0.15, 0.2) is 30.6 Å². The molecule has 0 spiro atoms. The SMILES string of the molecule is Cc1nc(NC(=O)c2ccc[n+]([O-])c2)c(Cl)cc1Cl. The van der Waals surface area contributed by atoms with E-state index in [9.17, 15) is 10.0 Å². The lowest BCUT2D eigenvalue weighted by molar-refractivity contribution is -0.605. The van der Waals surface area contributed by atoms with Crippen LogP contribution in [0.4, 0.5) is 5.82 Å². The molecule has 0 aromatic carbocycles. The Bertz CT molecular complexity index is 647. The Kier molecular flexibility index (Phi) is 3.87. The van der Waals surface area contributed by atoms with Crippen LogP contribution >= 0.6 is 23.2 Å². The Labute approximate surface area is 119 Å². The minimum absolute atomic E-state index is 0.204. The number of nitrogens with zero attached hydrogens (tertiary/aromatic N) is 2. The first-order valence-corrected chi connectivity index (χ1v) is 6.06. The molecule has 0 fully saturated rings. The van der Waals surface area contributed by atoms with Crippen molar-refractivity contribution in [1.29, 1.82) is 0 Å². The molecule has 5 nitrogen and oxygen atoms in total. The molecular weight excluding hydrogens is 289 g/mol. The largest absolute Gasteiger partial charge is 0.619 e. The molecule has 0 aliphatic rings. The maximum atomic E-state index is 11.9. The van der Waals surface area contributed by atoms with Crippen molar-refractivity contribution in [3.8, 4) is 0 Å². The third-order valence-electron chi connectivity index (χ3n) is 2.37. The van der Waals surface area contributed by atoms with Gasteiger partial charge in [-0.3, -0.25) is 4.79 Å². The highest BCUT2D eigenvalue weighted by Crippen LogP contribution is 2.25. The van der Waals surface area contributed by atoms with Gasteiger partial charge in [0.2, 0.25) is 0 Å². The Balaban J connectivity index is 2.27. The maximum absolute atomic E-state index is 11.9. The number of amides is 1. The van der Waals surface area contributed by atoms with Crippen LogP contribution in [0.2, 0.25) is 10.0 Å². The minimum Gasteiger partial charge on any atom is -0.619 e. The van der Waals surface area contributed by atoms with Gasteiger partial charge in [-0.05, 0) is 19.1 Å². The van der Waals surface area contributed by atoms with Crippen LogP contribution in [-0.4, -0.2) is 10.9 Å². The highest BCUT2D eigenvalue weighted by Gasteiger charge is 2.13. The van der Waals surface area contributed by atoms with Crippen LogP contribution in [0.5, 0.6) is 0 Å². The lowest BCUT2D eigenvalue weighted by Crippen LogP contribution is -2.27. The summed E-state index contributed by atoms with van der Waals surface area (Å²) in [5, 5.41) is 14.3. The zero-order valence-electron chi connectivity index (χ0n) is 9.85. The van der Waals surface area contributed by atoms with E-state index in [0.29, 0.717) is 15.4 Å². The molecule has 2 rings (SSSR count). The zero-order chi connectivity index (χ0) is 14.0. The van der Waals surface area contributed by atoms with Gasteiger partial charge < -0.3 is 10.5 Å². The van der Waals surface area contributed by atoms with E-state index in [1.165, 1.54) is 24.4 Å². The number of aryl methyl sites for hydroxylation is 1. The van der Waals surface area contributed by atoms with E-state index in [4.69, 9.17) is 23.2 Å². The summed E-state index contributed by atoms with van der Waals surface area (Å²) in [6.45, 7) is 1.70. The van der Waals surface area contributed by atoms with E-state index in [2.05, 4.69) is 10.3 Å². The number of anilines is 1. The maximum Gasteiger partial charge on any atom is 0.262 e. The molecule has 0 atom stereocenters. The van der Waals surface area contributed by atoms with Crippen LogP contribution < -0.4 is 10.0 Å². The third-order valence-corrected chi connectivity index (χ3v) is 3.04. The van der Waals surface area contributed by atoms with E-state index >= 15 is 0 Å². The molecule has 98 valence electrons. The van der Waals surface area contributed by atoms with Gasteiger partial charge in [0.05, 0.1) is 15.7 Å². The second-order valence-electron chi connectivity index (χ2n) is 3.79. The van der Waals surface area contributed by atoms with Gasteiger partial charge in [0.25, 0.3) is 5.91 Å². The van der Waals surface area contributed by atoms with Crippen molar-refractivity contribution in [2.75, 3.05) is 5.32 Å². The van der Waals surface area contributed by atoms with Crippen LogP contribution in [-0.2, 0) is 0 Å². The number of carbonyl (C=O) groups is 1. The van der Waals surface area contributed by atoms with Gasteiger partial charge in [0, 0.05) is 6.07 Å². The highest BCUT2D eigenvalue weighted by molar-refractivity contribution is 6.36. The number of carbonyl (C=O) groups excluding carboxylic acids is 1. The second-order valence-corrected chi connectivity index (χ2v) is 4.61. The van der Waals surface area contributed by atoms with Gasteiger partial charge in [-0.2, -0.15) is 4.73 Å². The lowest BCUT2D eigenvalue weighted by atomic mass is 10.2. The molecule has 7 heteroatoms. The lowest BCUT2D eigenvalue weighted by Gasteiger charge is -2.08. The van der Waals surface area contributed by atoms with Crippen molar-refractivity contribution >= 4 is 34.9 Å². The van der Waals surface area contributed by atoms with Gasteiger partial charge >= 0.3 is 0 Å². The molecule has 2 aromatic heterocycles. The van der Waals surface area contributed by atoms with Crippen molar-refractivity contribution in [1.82, 2.24) is 4.98 Å². The third kappa shape index (κ3) is 3.13. The quantitative estimate of drug-likeness (QED) is 0.684. The molecular formula is C12H9Cl2N3O2. The zero-order valence-corrected chi connectivity index (χ0v) is 11.4. The fourth-order valence-corrected chi connectivity index (χ4v) is 1.82. The summed E-state index contributed by atoms with van der Waals surface area (Å²) in [5.41, 5.74) is 0.760. The van der Waals surface area contributed by atoms with Gasteiger partial charge in [-0.1, -0.05) is 23.2 Å². The van der Waals surface area contributed by atoms with Gasteiger partial charge in [-0.25, -0.2) is 4.98 Å². The van der Waals surface area contributed by atoms with Gasteiger partial charge in [0.15, 0.2) is 18.2 Å². The first kappa shape index (κ1) is 13.6. The topological polar surface area (TPSA) is 68.9 Å². The average molecular weight is 298 g/mol. The van der Waals surface area contributed by atoms with E-state index in [-0.39, 0.29) is 16.4 Å². The Morgan fingerprint density at radius 2 is 2.16 bits per heavy atom. The summed E-state index contributed by atoms with van der Waals surface area (Å²) < 4.78 is 0.539. The molecule has 19 heavy (non-hydrogen) atoms. The molecule has 0 radical (unpaired) electrons. The number of hydrogen-bond acceptors (Lipinski definition) is 3. The van der Waals surface area contributed by atoms with Crippen LogP contribution in [0.1, 0.15) is 16.1 Å². The number of pyridine rings is 2. The Morgan fingerprint density at radius 3 is 2.84 bits per heavy atom. The number of nitrogens with one attached hydrogen (secondary N) is 1.